The van der Waals surface area contributed by atoms with Crippen LogP contribution in [-0.4, -0.2) is 29.6 Å². The third kappa shape index (κ3) is 4.19. The summed E-state index contributed by atoms with van der Waals surface area (Å²) in [6, 6.07) is 3.05. The Morgan fingerprint density at radius 3 is 2.74 bits per heavy atom. The molecule has 1 unspecified atom stereocenters. The van der Waals surface area contributed by atoms with Crippen molar-refractivity contribution in [2.24, 2.45) is 11.7 Å². The highest BCUT2D eigenvalue weighted by Crippen LogP contribution is 2.35. The summed E-state index contributed by atoms with van der Waals surface area (Å²) in [5, 5.41) is 8.91. The van der Waals surface area contributed by atoms with E-state index in [0.29, 0.717) is 0 Å². The highest BCUT2D eigenvalue weighted by molar-refractivity contribution is 5.00. The summed E-state index contributed by atoms with van der Waals surface area (Å²) < 4.78 is 0. The molecule has 19 heavy (non-hydrogen) atoms. The van der Waals surface area contributed by atoms with E-state index in [0.717, 1.165) is 24.8 Å². The fraction of sp³-hybridized carbons (Fsp3) is 0.938. The van der Waals surface area contributed by atoms with Crippen LogP contribution in [0.4, 0.5) is 0 Å². The first-order valence-electron chi connectivity index (χ1n) is 8.06. The molecule has 1 saturated heterocycles. The quantitative estimate of drug-likeness (QED) is 0.776. The van der Waals surface area contributed by atoms with Crippen molar-refractivity contribution in [1.29, 1.82) is 5.26 Å². The van der Waals surface area contributed by atoms with Crippen molar-refractivity contribution in [1.82, 2.24) is 4.90 Å². The predicted molar refractivity (Wildman–Crippen MR) is 78.6 cm³/mol. The largest absolute Gasteiger partial charge is 0.314 e. The normalized spacial score (nSPS) is 31.2. The van der Waals surface area contributed by atoms with Crippen LogP contribution in [0.2, 0.25) is 0 Å². The fourth-order valence-corrected chi connectivity index (χ4v) is 3.87. The number of nitriles is 1. The molecule has 0 aromatic rings. The van der Waals surface area contributed by atoms with Gasteiger partial charge in [-0.15, -0.1) is 0 Å². The van der Waals surface area contributed by atoms with Gasteiger partial charge < -0.3 is 10.6 Å². The lowest BCUT2D eigenvalue weighted by Gasteiger charge is -2.44. The molecule has 0 aromatic heterocycles. The second-order valence-corrected chi connectivity index (χ2v) is 6.78. The summed E-state index contributed by atoms with van der Waals surface area (Å²) >= 11 is 0. The summed E-state index contributed by atoms with van der Waals surface area (Å²) in [5.74, 6) is 0.974. The second kappa shape index (κ2) is 6.72. The minimum Gasteiger partial charge on any atom is -0.314 e. The Bertz CT molecular complexity index is 316. The van der Waals surface area contributed by atoms with E-state index in [4.69, 9.17) is 11.0 Å². The van der Waals surface area contributed by atoms with E-state index < -0.39 is 5.54 Å². The molecule has 1 aliphatic heterocycles. The highest BCUT2D eigenvalue weighted by atomic mass is 15.2. The molecule has 1 heterocycles. The van der Waals surface area contributed by atoms with E-state index in [-0.39, 0.29) is 0 Å². The first kappa shape index (κ1) is 14.8. The molecule has 0 amide bonds. The minimum atomic E-state index is -0.630. The third-order valence-corrected chi connectivity index (χ3v) is 5.01. The van der Waals surface area contributed by atoms with Crippen molar-refractivity contribution in [3.8, 4) is 6.07 Å². The van der Waals surface area contributed by atoms with Crippen molar-refractivity contribution in [3.05, 3.63) is 0 Å². The number of likely N-dealkylation sites (tertiary alicyclic amines) is 1. The molecule has 3 heteroatoms. The fourth-order valence-electron chi connectivity index (χ4n) is 3.87. The van der Waals surface area contributed by atoms with Crippen molar-refractivity contribution in [3.63, 3.8) is 0 Å². The molecule has 0 radical (unpaired) electrons. The summed E-state index contributed by atoms with van der Waals surface area (Å²) in [7, 11) is 0. The lowest BCUT2D eigenvalue weighted by atomic mass is 9.78. The van der Waals surface area contributed by atoms with E-state index >= 15 is 0 Å². The number of piperidine rings is 1. The molecule has 0 bridgehead atoms. The first-order chi connectivity index (χ1) is 9.12. The molecule has 3 nitrogen and oxygen atoms in total. The van der Waals surface area contributed by atoms with Gasteiger partial charge in [-0.1, -0.05) is 12.8 Å². The maximum atomic E-state index is 8.91. The van der Waals surface area contributed by atoms with Crippen LogP contribution in [0.3, 0.4) is 0 Å². The standard InChI is InChI=1S/C16H29N3/c1-16(18,13-17)10-4-5-11-19-12-6-8-14-7-2-3-9-15(14)19/h14-15H,2-12,18H2,1H3/t14-,15-,16?/m1/s1. The zero-order valence-corrected chi connectivity index (χ0v) is 12.4. The first-order valence-corrected chi connectivity index (χ1v) is 8.06. The Hall–Kier alpha value is -0.590. The smallest absolute Gasteiger partial charge is 0.101 e. The van der Waals surface area contributed by atoms with Gasteiger partial charge in [0, 0.05) is 6.04 Å². The van der Waals surface area contributed by atoms with Gasteiger partial charge >= 0.3 is 0 Å². The number of nitrogens with zero attached hydrogens (tertiary/aromatic N) is 2. The molecule has 0 aromatic carbocycles. The molecule has 2 fully saturated rings. The molecular formula is C16H29N3. The monoisotopic (exact) mass is 263 g/mol. The van der Waals surface area contributed by atoms with Crippen molar-refractivity contribution >= 4 is 0 Å². The van der Waals surface area contributed by atoms with Crippen LogP contribution in [0.25, 0.3) is 0 Å². The lowest BCUT2D eigenvalue weighted by molar-refractivity contribution is 0.0593. The number of unbranched alkanes of at least 4 members (excludes halogenated alkanes) is 1. The Morgan fingerprint density at radius 2 is 1.95 bits per heavy atom. The van der Waals surface area contributed by atoms with E-state index in [1.54, 1.807) is 0 Å². The molecular weight excluding hydrogens is 234 g/mol. The van der Waals surface area contributed by atoms with E-state index in [2.05, 4.69) is 11.0 Å². The molecule has 108 valence electrons. The van der Waals surface area contributed by atoms with E-state index in [9.17, 15) is 0 Å². The molecule has 2 rings (SSSR count). The second-order valence-electron chi connectivity index (χ2n) is 6.78. The van der Waals surface area contributed by atoms with Crippen LogP contribution in [0, 0.1) is 17.2 Å². The molecule has 0 spiro atoms. The zero-order chi connectivity index (χ0) is 13.7. The summed E-state index contributed by atoms with van der Waals surface area (Å²) in [6.45, 7) is 4.34. The number of fused-ring (bicyclic) bond motifs is 1. The Balaban J connectivity index is 1.71. The third-order valence-electron chi connectivity index (χ3n) is 5.01. The van der Waals surface area contributed by atoms with Gasteiger partial charge in [0.15, 0.2) is 0 Å². The van der Waals surface area contributed by atoms with Crippen LogP contribution in [0.5, 0.6) is 0 Å². The number of rotatable bonds is 5. The average molecular weight is 263 g/mol. The van der Waals surface area contributed by atoms with E-state index in [1.807, 2.05) is 6.92 Å². The van der Waals surface area contributed by atoms with Gasteiger partial charge in [-0.25, -0.2) is 0 Å². The molecule has 2 aliphatic rings. The Morgan fingerprint density at radius 1 is 1.21 bits per heavy atom. The van der Waals surface area contributed by atoms with Gasteiger partial charge in [0.1, 0.15) is 5.54 Å². The maximum Gasteiger partial charge on any atom is 0.101 e. The lowest BCUT2D eigenvalue weighted by Crippen LogP contribution is -2.47. The Kier molecular flexibility index (Phi) is 5.24. The van der Waals surface area contributed by atoms with Crippen LogP contribution in [0.15, 0.2) is 0 Å². The summed E-state index contributed by atoms with van der Waals surface area (Å²) in [4.78, 5) is 2.73. The van der Waals surface area contributed by atoms with Gasteiger partial charge in [0.25, 0.3) is 0 Å². The topological polar surface area (TPSA) is 53.1 Å². The molecule has 2 N–H and O–H groups in total. The minimum absolute atomic E-state index is 0.630. The SMILES string of the molecule is CC(N)(C#N)CCCCN1CCC[C@H]2CCCC[C@H]21. The van der Waals surface area contributed by atoms with Crippen molar-refractivity contribution < 1.29 is 0 Å². The van der Waals surface area contributed by atoms with Gasteiger partial charge in [-0.3, -0.25) is 0 Å². The molecule has 1 saturated carbocycles. The number of hydrogen-bond donors (Lipinski definition) is 1. The highest BCUT2D eigenvalue weighted by Gasteiger charge is 2.32. The van der Waals surface area contributed by atoms with Gasteiger partial charge in [0.05, 0.1) is 6.07 Å². The zero-order valence-electron chi connectivity index (χ0n) is 12.4. The van der Waals surface area contributed by atoms with Crippen LogP contribution >= 0.6 is 0 Å². The Labute approximate surface area is 118 Å². The summed E-state index contributed by atoms with van der Waals surface area (Å²) in [5.41, 5.74) is 5.24. The van der Waals surface area contributed by atoms with Gasteiger partial charge in [-0.05, 0) is 70.9 Å². The number of nitrogens with two attached hydrogens (primary N) is 1. The maximum absolute atomic E-state index is 8.91. The van der Waals surface area contributed by atoms with Gasteiger partial charge in [0.2, 0.25) is 0 Å². The summed E-state index contributed by atoms with van der Waals surface area (Å²) in [6.07, 6.45) is 11.7. The van der Waals surface area contributed by atoms with Crippen molar-refractivity contribution in [2.45, 2.75) is 76.3 Å². The van der Waals surface area contributed by atoms with Crippen molar-refractivity contribution in [2.75, 3.05) is 13.1 Å². The van der Waals surface area contributed by atoms with Crippen LogP contribution in [-0.2, 0) is 0 Å². The van der Waals surface area contributed by atoms with Crippen LogP contribution < -0.4 is 5.73 Å². The van der Waals surface area contributed by atoms with E-state index in [1.165, 1.54) is 58.0 Å². The predicted octanol–water partition coefficient (Wildman–Crippen LogP) is 3.05. The van der Waals surface area contributed by atoms with Gasteiger partial charge in [-0.2, -0.15) is 5.26 Å². The average Bonchev–Trinajstić information content (AvgIpc) is 2.44. The number of hydrogen-bond acceptors (Lipinski definition) is 3. The van der Waals surface area contributed by atoms with Crippen LogP contribution in [0.1, 0.15) is 64.7 Å². The molecule has 3 atom stereocenters. The molecule has 1 aliphatic carbocycles.